The summed E-state index contributed by atoms with van der Waals surface area (Å²) in [6.07, 6.45) is 0. The number of halogens is 3. The average Bonchev–Trinajstić information content (AvgIpc) is 2.43. The zero-order chi connectivity index (χ0) is 10.3. The Kier molecular flexibility index (Phi) is 2.47. The molecular weight excluding hydrogens is 250 g/mol. The van der Waals surface area contributed by atoms with Crippen LogP contribution in [0, 0.1) is 0 Å². The fourth-order valence-electron chi connectivity index (χ4n) is 1.15. The lowest BCUT2D eigenvalue weighted by Crippen LogP contribution is -2.08. The molecule has 14 heavy (non-hydrogen) atoms. The van der Waals surface area contributed by atoms with Crippen LogP contribution in [0.1, 0.15) is 10.4 Å². The van der Waals surface area contributed by atoms with Crippen molar-refractivity contribution in [3.63, 3.8) is 0 Å². The SMILES string of the molecule is O=C(Cl)c1c(Cl)ccc2c1OC(Cl)O2. The fraction of sp³-hybridized carbons (Fsp3) is 0.125. The van der Waals surface area contributed by atoms with E-state index in [1.165, 1.54) is 6.07 Å². The average molecular weight is 253 g/mol. The van der Waals surface area contributed by atoms with E-state index in [1.807, 2.05) is 0 Å². The second-order valence-electron chi connectivity index (χ2n) is 2.53. The number of hydrogen-bond acceptors (Lipinski definition) is 3. The van der Waals surface area contributed by atoms with E-state index in [-0.39, 0.29) is 16.3 Å². The third-order valence-electron chi connectivity index (χ3n) is 1.70. The molecule has 1 aromatic rings. The van der Waals surface area contributed by atoms with E-state index in [0.29, 0.717) is 5.75 Å². The number of carbonyl (C=O) groups is 1. The summed E-state index contributed by atoms with van der Waals surface area (Å²) in [5.41, 5.74) is 0.0778. The lowest BCUT2D eigenvalue weighted by atomic mass is 10.2. The standard InChI is InChI=1S/C8H3Cl3O3/c9-3-1-2-4-6(5(3)7(10)12)14-8(11)13-4/h1-2,8H. The molecule has 1 aromatic carbocycles. The molecule has 0 spiro atoms. The van der Waals surface area contributed by atoms with E-state index in [9.17, 15) is 4.79 Å². The molecule has 1 aliphatic heterocycles. The zero-order valence-corrected chi connectivity index (χ0v) is 8.86. The predicted molar refractivity (Wildman–Crippen MR) is 52.5 cm³/mol. The Bertz CT molecular complexity index is 405. The van der Waals surface area contributed by atoms with Crippen molar-refractivity contribution in [3.05, 3.63) is 22.7 Å². The maximum absolute atomic E-state index is 11.0. The Morgan fingerprint density at radius 3 is 2.71 bits per heavy atom. The molecule has 0 aromatic heterocycles. The van der Waals surface area contributed by atoms with E-state index in [1.54, 1.807) is 6.07 Å². The highest BCUT2D eigenvalue weighted by molar-refractivity contribution is 6.69. The monoisotopic (exact) mass is 252 g/mol. The highest BCUT2D eigenvalue weighted by atomic mass is 35.5. The molecule has 1 atom stereocenters. The minimum absolute atomic E-state index is 0.0778. The summed E-state index contributed by atoms with van der Waals surface area (Å²) in [6.45, 7) is 0. The molecule has 0 aliphatic carbocycles. The maximum atomic E-state index is 11.0. The highest BCUT2D eigenvalue weighted by Crippen LogP contribution is 2.42. The van der Waals surface area contributed by atoms with Gasteiger partial charge < -0.3 is 9.47 Å². The van der Waals surface area contributed by atoms with Crippen molar-refractivity contribution in [1.82, 2.24) is 0 Å². The topological polar surface area (TPSA) is 35.5 Å². The molecular formula is C8H3Cl3O3. The van der Waals surface area contributed by atoms with Crippen LogP contribution < -0.4 is 9.47 Å². The summed E-state index contributed by atoms with van der Waals surface area (Å²) in [5, 5.41) is -0.501. The van der Waals surface area contributed by atoms with Crippen LogP contribution in [-0.4, -0.2) is 11.0 Å². The van der Waals surface area contributed by atoms with Crippen LogP contribution in [-0.2, 0) is 0 Å². The van der Waals surface area contributed by atoms with E-state index < -0.39 is 11.0 Å². The second kappa shape index (κ2) is 3.50. The molecule has 1 heterocycles. The first-order valence-electron chi connectivity index (χ1n) is 3.59. The zero-order valence-electron chi connectivity index (χ0n) is 6.59. The van der Waals surface area contributed by atoms with Gasteiger partial charge in [-0.2, -0.15) is 0 Å². The molecule has 0 bridgehead atoms. The normalized spacial score (nSPS) is 18.4. The van der Waals surface area contributed by atoms with Crippen molar-refractivity contribution >= 4 is 40.0 Å². The smallest absolute Gasteiger partial charge is 0.322 e. The number of benzene rings is 1. The largest absolute Gasteiger partial charge is 0.438 e. The lowest BCUT2D eigenvalue weighted by Gasteiger charge is -2.02. The molecule has 3 nitrogen and oxygen atoms in total. The second-order valence-corrected chi connectivity index (χ2v) is 3.64. The van der Waals surface area contributed by atoms with Crippen molar-refractivity contribution in [1.29, 1.82) is 0 Å². The molecule has 0 N–H and O–H groups in total. The maximum Gasteiger partial charge on any atom is 0.322 e. The first-order valence-corrected chi connectivity index (χ1v) is 4.78. The number of hydrogen-bond donors (Lipinski definition) is 0. The van der Waals surface area contributed by atoms with Crippen LogP contribution >= 0.6 is 34.8 Å². The van der Waals surface area contributed by atoms with Gasteiger partial charge in [-0.15, -0.1) is 0 Å². The summed E-state index contributed by atoms with van der Waals surface area (Å²) in [6, 6.07) is 3.05. The molecule has 0 radical (unpaired) electrons. The fourth-order valence-corrected chi connectivity index (χ4v) is 1.80. The Morgan fingerprint density at radius 1 is 1.36 bits per heavy atom. The molecule has 2 rings (SSSR count). The molecule has 0 amide bonds. The van der Waals surface area contributed by atoms with Crippen LogP contribution in [0.25, 0.3) is 0 Å². The minimum Gasteiger partial charge on any atom is -0.438 e. The quantitative estimate of drug-likeness (QED) is 0.570. The van der Waals surface area contributed by atoms with Crippen LogP contribution in [0.3, 0.4) is 0 Å². The van der Waals surface area contributed by atoms with Crippen molar-refractivity contribution in [3.8, 4) is 11.5 Å². The van der Waals surface area contributed by atoms with Crippen LogP contribution in [0.2, 0.25) is 5.02 Å². The van der Waals surface area contributed by atoms with Crippen LogP contribution in [0.4, 0.5) is 0 Å². The van der Waals surface area contributed by atoms with Gasteiger partial charge in [0.15, 0.2) is 11.5 Å². The Labute approximate surface area is 94.5 Å². The summed E-state index contributed by atoms with van der Waals surface area (Å²) in [4.78, 5) is 11.0. The lowest BCUT2D eigenvalue weighted by molar-refractivity contribution is 0.106. The van der Waals surface area contributed by atoms with E-state index >= 15 is 0 Å². The van der Waals surface area contributed by atoms with Gasteiger partial charge in [-0.1, -0.05) is 11.6 Å². The van der Waals surface area contributed by atoms with Gasteiger partial charge in [0.25, 0.3) is 5.24 Å². The molecule has 0 fully saturated rings. The first-order chi connectivity index (χ1) is 6.59. The van der Waals surface area contributed by atoms with Gasteiger partial charge in [-0.05, 0) is 35.3 Å². The van der Waals surface area contributed by atoms with Gasteiger partial charge in [0.2, 0.25) is 0 Å². The first kappa shape index (κ1) is 9.90. The van der Waals surface area contributed by atoms with Crippen molar-refractivity contribution < 1.29 is 14.3 Å². The predicted octanol–water partition coefficient (Wildman–Crippen LogP) is 3.01. The molecule has 74 valence electrons. The van der Waals surface area contributed by atoms with Crippen LogP contribution in [0.5, 0.6) is 11.5 Å². The van der Waals surface area contributed by atoms with E-state index in [2.05, 4.69) is 0 Å². The summed E-state index contributed by atoms with van der Waals surface area (Å²) in [7, 11) is 0. The van der Waals surface area contributed by atoms with Gasteiger partial charge in [-0.3, -0.25) is 4.79 Å². The minimum atomic E-state index is -0.946. The van der Waals surface area contributed by atoms with Crippen molar-refractivity contribution in [2.45, 2.75) is 5.75 Å². The number of fused-ring (bicyclic) bond motifs is 1. The van der Waals surface area contributed by atoms with E-state index in [0.717, 1.165) is 0 Å². The molecule has 6 heteroatoms. The number of alkyl halides is 1. The molecule has 1 unspecified atom stereocenters. The Morgan fingerprint density at radius 2 is 2.07 bits per heavy atom. The van der Waals surface area contributed by atoms with Gasteiger partial charge >= 0.3 is 5.75 Å². The van der Waals surface area contributed by atoms with Gasteiger partial charge in [0, 0.05) is 0 Å². The van der Waals surface area contributed by atoms with Crippen molar-refractivity contribution in [2.24, 2.45) is 0 Å². The number of ether oxygens (including phenoxy) is 2. The summed E-state index contributed by atoms with van der Waals surface area (Å²) >= 11 is 16.7. The number of rotatable bonds is 1. The highest BCUT2D eigenvalue weighted by Gasteiger charge is 2.28. The van der Waals surface area contributed by atoms with Gasteiger partial charge in [0.1, 0.15) is 0 Å². The van der Waals surface area contributed by atoms with E-state index in [4.69, 9.17) is 44.3 Å². The third-order valence-corrected chi connectivity index (χ3v) is 2.38. The molecule has 0 saturated carbocycles. The third kappa shape index (κ3) is 1.52. The Hall–Kier alpha value is -0.640. The van der Waals surface area contributed by atoms with Crippen molar-refractivity contribution in [2.75, 3.05) is 0 Å². The number of carbonyl (C=O) groups excluding carboxylic acids is 1. The molecule has 0 saturated heterocycles. The van der Waals surface area contributed by atoms with Crippen LogP contribution in [0.15, 0.2) is 12.1 Å². The van der Waals surface area contributed by atoms with Gasteiger partial charge in [-0.25, -0.2) is 0 Å². The summed E-state index contributed by atoms with van der Waals surface area (Å²) < 4.78 is 10.1. The Balaban J connectivity index is 2.60. The molecule has 1 aliphatic rings. The summed E-state index contributed by atoms with van der Waals surface area (Å²) in [5.74, 6) is -0.394. The van der Waals surface area contributed by atoms with Gasteiger partial charge in [0.05, 0.1) is 10.6 Å².